The molecule has 0 bridgehead atoms. The van der Waals surface area contributed by atoms with E-state index in [1.165, 1.54) is 0 Å². The lowest BCUT2D eigenvalue weighted by Crippen LogP contribution is -2.20. The third-order valence-electron chi connectivity index (χ3n) is 2.30. The van der Waals surface area contributed by atoms with Crippen LogP contribution >= 0.6 is 0 Å². The van der Waals surface area contributed by atoms with Crippen LogP contribution in [0.5, 0.6) is 5.75 Å². The van der Waals surface area contributed by atoms with Crippen molar-refractivity contribution in [2.24, 2.45) is 5.73 Å². The van der Waals surface area contributed by atoms with Gasteiger partial charge in [0.1, 0.15) is 5.75 Å². The molecular formula is C12H13N3O2. The van der Waals surface area contributed by atoms with Crippen molar-refractivity contribution in [1.29, 1.82) is 0 Å². The Hall–Kier alpha value is -2.30. The Morgan fingerprint density at radius 3 is 2.94 bits per heavy atom. The number of carbonyl (C=O) groups excluding carboxylic acids is 1. The van der Waals surface area contributed by atoms with Gasteiger partial charge in [-0.15, -0.1) is 0 Å². The highest BCUT2D eigenvalue weighted by molar-refractivity contribution is 5.76. The van der Waals surface area contributed by atoms with Crippen LogP contribution in [0.25, 0.3) is 11.3 Å². The molecule has 2 aromatic rings. The van der Waals surface area contributed by atoms with E-state index in [4.69, 9.17) is 10.5 Å². The van der Waals surface area contributed by atoms with Gasteiger partial charge >= 0.3 is 0 Å². The summed E-state index contributed by atoms with van der Waals surface area (Å²) in [6, 6.07) is 7.53. The number of hydrogen-bond donors (Lipinski definition) is 2. The van der Waals surface area contributed by atoms with Crippen molar-refractivity contribution in [3.63, 3.8) is 0 Å². The maximum Gasteiger partial charge on any atom is 0.255 e. The largest absolute Gasteiger partial charge is 0.483 e. The fraction of sp³-hybridized carbons (Fsp3) is 0.167. The molecule has 1 heterocycles. The molecule has 0 aliphatic heterocycles. The summed E-state index contributed by atoms with van der Waals surface area (Å²) < 4.78 is 5.36. The number of rotatable bonds is 4. The third kappa shape index (κ3) is 2.63. The normalized spacial score (nSPS) is 10.2. The first kappa shape index (κ1) is 11.2. The molecule has 5 nitrogen and oxygen atoms in total. The van der Waals surface area contributed by atoms with Crippen LogP contribution in [-0.2, 0) is 4.79 Å². The number of carbonyl (C=O) groups is 1. The number of aromatic nitrogens is 2. The Labute approximate surface area is 98.6 Å². The first-order valence-electron chi connectivity index (χ1n) is 5.18. The van der Waals surface area contributed by atoms with E-state index in [0.717, 1.165) is 16.8 Å². The van der Waals surface area contributed by atoms with Gasteiger partial charge in [-0.25, -0.2) is 0 Å². The Morgan fingerprint density at radius 1 is 1.47 bits per heavy atom. The van der Waals surface area contributed by atoms with Gasteiger partial charge in [0, 0.05) is 11.8 Å². The van der Waals surface area contributed by atoms with Gasteiger partial charge in [-0.3, -0.25) is 9.89 Å². The molecule has 0 fully saturated rings. The molecule has 0 aliphatic rings. The van der Waals surface area contributed by atoms with E-state index < -0.39 is 5.91 Å². The fourth-order valence-corrected chi connectivity index (χ4v) is 1.53. The van der Waals surface area contributed by atoms with Crippen LogP contribution in [0.2, 0.25) is 0 Å². The quantitative estimate of drug-likeness (QED) is 0.830. The van der Waals surface area contributed by atoms with E-state index in [2.05, 4.69) is 10.2 Å². The molecule has 2 rings (SSSR count). The van der Waals surface area contributed by atoms with Gasteiger partial charge in [0.2, 0.25) is 0 Å². The van der Waals surface area contributed by atoms with Crippen molar-refractivity contribution in [2.45, 2.75) is 6.92 Å². The van der Waals surface area contributed by atoms with E-state index in [-0.39, 0.29) is 6.61 Å². The summed E-state index contributed by atoms with van der Waals surface area (Å²) in [5, 5.41) is 6.75. The number of ether oxygens (including phenoxy) is 1. The summed E-state index contributed by atoms with van der Waals surface area (Å²) >= 11 is 0. The number of amides is 1. The Kier molecular flexibility index (Phi) is 3.09. The molecule has 0 spiro atoms. The zero-order valence-electron chi connectivity index (χ0n) is 9.43. The Balaban J connectivity index is 2.34. The summed E-state index contributed by atoms with van der Waals surface area (Å²) in [4.78, 5) is 10.7. The molecule has 3 N–H and O–H groups in total. The molecule has 17 heavy (non-hydrogen) atoms. The average Bonchev–Trinajstić information content (AvgIpc) is 2.80. The minimum atomic E-state index is -0.499. The summed E-state index contributed by atoms with van der Waals surface area (Å²) in [6.07, 6.45) is 1.66. The number of hydrogen-bond acceptors (Lipinski definition) is 3. The molecule has 0 radical (unpaired) electrons. The van der Waals surface area contributed by atoms with E-state index >= 15 is 0 Å². The highest BCUT2D eigenvalue weighted by atomic mass is 16.5. The first-order valence-corrected chi connectivity index (χ1v) is 5.18. The van der Waals surface area contributed by atoms with Crippen LogP contribution < -0.4 is 10.5 Å². The van der Waals surface area contributed by atoms with Crippen LogP contribution in [0, 0.1) is 6.92 Å². The second-order valence-corrected chi connectivity index (χ2v) is 3.72. The lowest BCUT2D eigenvalue weighted by molar-refractivity contribution is -0.119. The predicted octanol–water partition coefficient (Wildman–Crippen LogP) is 1.25. The number of benzene rings is 1. The molecule has 0 saturated carbocycles. The second-order valence-electron chi connectivity index (χ2n) is 3.72. The van der Waals surface area contributed by atoms with Gasteiger partial charge in [-0.1, -0.05) is 11.6 Å². The Morgan fingerprint density at radius 2 is 2.29 bits per heavy atom. The number of aromatic amines is 1. The number of H-pyrrole nitrogens is 1. The zero-order valence-corrected chi connectivity index (χ0v) is 9.43. The molecule has 0 unspecified atom stereocenters. The van der Waals surface area contributed by atoms with Crippen molar-refractivity contribution in [2.75, 3.05) is 6.61 Å². The predicted molar refractivity (Wildman–Crippen MR) is 63.5 cm³/mol. The van der Waals surface area contributed by atoms with Crippen LogP contribution in [0.15, 0.2) is 30.5 Å². The highest BCUT2D eigenvalue weighted by Crippen LogP contribution is 2.29. The van der Waals surface area contributed by atoms with Gasteiger partial charge in [0.15, 0.2) is 6.61 Å². The van der Waals surface area contributed by atoms with Crippen molar-refractivity contribution < 1.29 is 9.53 Å². The second kappa shape index (κ2) is 4.69. The van der Waals surface area contributed by atoms with Gasteiger partial charge < -0.3 is 10.5 Å². The van der Waals surface area contributed by atoms with E-state index in [0.29, 0.717) is 5.75 Å². The highest BCUT2D eigenvalue weighted by Gasteiger charge is 2.08. The molecule has 88 valence electrons. The molecule has 0 aliphatic carbocycles. The van der Waals surface area contributed by atoms with Crippen LogP contribution in [-0.4, -0.2) is 22.7 Å². The van der Waals surface area contributed by atoms with Crippen molar-refractivity contribution >= 4 is 5.91 Å². The molecule has 1 aromatic heterocycles. The van der Waals surface area contributed by atoms with Crippen LogP contribution in [0.4, 0.5) is 0 Å². The van der Waals surface area contributed by atoms with E-state index in [1.54, 1.807) is 6.20 Å². The minimum Gasteiger partial charge on any atom is -0.483 e. The maximum absolute atomic E-state index is 10.7. The third-order valence-corrected chi connectivity index (χ3v) is 2.30. The summed E-state index contributed by atoms with van der Waals surface area (Å²) in [7, 11) is 0. The number of nitrogens with two attached hydrogens (primary N) is 1. The number of nitrogens with one attached hydrogen (secondary N) is 1. The minimum absolute atomic E-state index is 0.135. The molecule has 0 atom stereocenters. The van der Waals surface area contributed by atoms with Gasteiger partial charge in [-0.2, -0.15) is 5.10 Å². The number of primary amides is 1. The lowest BCUT2D eigenvalue weighted by Gasteiger charge is -2.09. The summed E-state index contributed by atoms with van der Waals surface area (Å²) in [5.74, 6) is 0.111. The average molecular weight is 231 g/mol. The first-order chi connectivity index (χ1) is 8.16. The summed E-state index contributed by atoms with van der Waals surface area (Å²) in [5.41, 5.74) is 7.86. The van der Waals surface area contributed by atoms with Crippen molar-refractivity contribution in [1.82, 2.24) is 10.2 Å². The smallest absolute Gasteiger partial charge is 0.255 e. The number of nitrogens with zero attached hydrogens (tertiary/aromatic N) is 1. The molecule has 5 heteroatoms. The SMILES string of the molecule is Cc1ccc(OCC(N)=O)c(-c2ccn[nH]2)c1. The van der Waals surface area contributed by atoms with Gasteiger partial charge in [-0.05, 0) is 25.1 Å². The summed E-state index contributed by atoms with van der Waals surface area (Å²) in [6.45, 7) is 1.85. The number of aryl methyl sites for hydroxylation is 1. The molecule has 1 amide bonds. The van der Waals surface area contributed by atoms with Crippen LogP contribution in [0.3, 0.4) is 0 Å². The standard InChI is InChI=1S/C12H13N3O2/c1-8-2-3-11(17-7-12(13)16)9(6-8)10-4-5-14-15-10/h2-6H,7H2,1H3,(H2,13,16)(H,14,15). The zero-order chi connectivity index (χ0) is 12.3. The van der Waals surface area contributed by atoms with Gasteiger partial charge in [0.25, 0.3) is 5.91 Å². The van der Waals surface area contributed by atoms with E-state index in [9.17, 15) is 4.79 Å². The maximum atomic E-state index is 10.7. The monoisotopic (exact) mass is 231 g/mol. The lowest BCUT2D eigenvalue weighted by atomic mass is 10.1. The van der Waals surface area contributed by atoms with Crippen LogP contribution in [0.1, 0.15) is 5.56 Å². The molecule has 1 aromatic carbocycles. The van der Waals surface area contributed by atoms with Crippen molar-refractivity contribution in [3.05, 3.63) is 36.0 Å². The Bertz CT molecular complexity index is 521. The van der Waals surface area contributed by atoms with Gasteiger partial charge in [0.05, 0.1) is 5.69 Å². The molecular weight excluding hydrogens is 218 g/mol. The topological polar surface area (TPSA) is 81.0 Å². The fourth-order valence-electron chi connectivity index (χ4n) is 1.53. The van der Waals surface area contributed by atoms with E-state index in [1.807, 2.05) is 31.2 Å². The van der Waals surface area contributed by atoms with Crippen molar-refractivity contribution in [3.8, 4) is 17.0 Å². The molecule has 0 saturated heterocycles.